The number of amides is 2. The van der Waals surface area contributed by atoms with Crippen molar-refractivity contribution in [2.75, 3.05) is 20.4 Å². The second kappa shape index (κ2) is 9.42. The van der Waals surface area contributed by atoms with Gasteiger partial charge in [0, 0.05) is 0 Å². The largest absolute Gasteiger partial charge is 0.497 e. The van der Waals surface area contributed by atoms with Crippen LogP contribution in [0.1, 0.15) is 25.5 Å². The molecular formula is C19H24N2O4. The van der Waals surface area contributed by atoms with Crippen LogP contribution in [0.5, 0.6) is 17.2 Å². The van der Waals surface area contributed by atoms with Gasteiger partial charge in [0.05, 0.1) is 19.8 Å². The third-order valence-electron chi connectivity index (χ3n) is 3.57. The van der Waals surface area contributed by atoms with Gasteiger partial charge in [-0.25, -0.2) is 4.79 Å². The summed E-state index contributed by atoms with van der Waals surface area (Å²) in [5.74, 6) is 2.02. The quantitative estimate of drug-likeness (QED) is 0.719. The van der Waals surface area contributed by atoms with Gasteiger partial charge in [-0.2, -0.15) is 0 Å². The molecule has 0 saturated carbocycles. The number of ether oxygens (including phenoxy) is 3. The molecule has 0 saturated heterocycles. The standard InChI is InChI=1S/C19H24N2O4/c1-4-24-17-7-5-6-8-18(17)25-13-20-19(22)21-14(2)15-9-11-16(23-3)12-10-15/h5-12,14H,4,13H2,1-3H3,(H2,20,21,22). The fourth-order valence-corrected chi connectivity index (χ4v) is 2.25. The van der Waals surface area contributed by atoms with E-state index in [1.165, 1.54) is 0 Å². The fourth-order valence-electron chi connectivity index (χ4n) is 2.25. The van der Waals surface area contributed by atoms with E-state index >= 15 is 0 Å². The minimum Gasteiger partial charge on any atom is -0.497 e. The molecule has 0 aliphatic carbocycles. The Balaban J connectivity index is 1.80. The van der Waals surface area contributed by atoms with Crippen LogP contribution in [0.2, 0.25) is 0 Å². The predicted molar refractivity (Wildman–Crippen MR) is 96.2 cm³/mol. The van der Waals surface area contributed by atoms with Crippen molar-refractivity contribution >= 4 is 6.03 Å². The van der Waals surface area contributed by atoms with Crippen molar-refractivity contribution in [3.63, 3.8) is 0 Å². The van der Waals surface area contributed by atoms with Crippen LogP contribution < -0.4 is 24.8 Å². The molecule has 2 rings (SSSR count). The number of methoxy groups -OCH3 is 1. The summed E-state index contributed by atoms with van der Waals surface area (Å²) in [6.45, 7) is 4.41. The van der Waals surface area contributed by atoms with Gasteiger partial charge in [-0.3, -0.25) is 0 Å². The molecule has 1 atom stereocenters. The van der Waals surface area contributed by atoms with Crippen molar-refractivity contribution in [3.05, 3.63) is 54.1 Å². The van der Waals surface area contributed by atoms with Crippen molar-refractivity contribution in [1.29, 1.82) is 0 Å². The lowest BCUT2D eigenvalue weighted by molar-refractivity contribution is 0.217. The van der Waals surface area contributed by atoms with E-state index in [-0.39, 0.29) is 18.8 Å². The van der Waals surface area contributed by atoms with Gasteiger partial charge in [0.1, 0.15) is 5.75 Å². The van der Waals surface area contributed by atoms with E-state index in [4.69, 9.17) is 14.2 Å². The first kappa shape index (κ1) is 18.4. The third kappa shape index (κ3) is 5.60. The second-order valence-electron chi connectivity index (χ2n) is 5.31. The van der Waals surface area contributed by atoms with Crippen LogP contribution >= 0.6 is 0 Å². The van der Waals surface area contributed by atoms with Crippen molar-refractivity contribution in [3.8, 4) is 17.2 Å². The molecule has 0 aliphatic heterocycles. The number of nitrogens with one attached hydrogen (secondary N) is 2. The SMILES string of the molecule is CCOc1ccccc1OCNC(=O)NC(C)c1ccc(OC)cc1. The highest BCUT2D eigenvalue weighted by Crippen LogP contribution is 2.25. The van der Waals surface area contributed by atoms with Crippen LogP contribution in [0.25, 0.3) is 0 Å². The molecule has 2 aromatic carbocycles. The molecular weight excluding hydrogens is 320 g/mol. The molecule has 134 valence electrons. The topological polar surface area (TPSA) is 68.8 Å². The minimum atomic E-state index is -0.308. The van der Waals surface area contributed by atoms with E-state index in [0.717, 1.165) is 11.3 Å². The van der Waals surface area contributed by atoms with Crippen molar-refractivity contribution in [2.24, 2.45) is 0 Å². The molecule has 0 radical (unpaired) electrons. The molecule has 0 aromatic heterocycles. The second-order valence-corrected chi connectivity index (χ2v) is 5.31. The molecule has 0 bridgehead atoms. The number of para-hydroxylation sites is 2. The van der Waals surface area contributed by atoms with Crippen LogP contribution in [0, 0.1) is 0 Å². The zero-order valence-electron chi connectivity index (χ0n) is 14.7. The number of urea groups is 1. The lowest BCUT2D eigenvalue weighted by atomic mass is 10.1. The fraction of sp³-hybridized carbons (Fsp3) is 0.316. The molecule has 1 unspecified atom stereocenters. The average molecular weight is 344 g/mol. The normalized spacial score (nSPS) is 11.3. The van der Waals surface area contributed by atoms with E-state index in [9.17, 15) is 4.79 Å². The number of benzene rings is 2. The molecule has 25 heavy (non-hydrogen) atoms. The lowest BCUT2D eigenvalue weighted by Crippen LogP contribution is -2.38. The van der Waals surface area contributed by atoms with E-state index in [2.05, 4.69) is 10.6 Å². The Morgan fingerprint density at radius 1 is 1.04 bits per heavy atom. The van der Waals surface area contributed by atoms with Crippen LogP contribution in [-0.2, 0) is 0 Å². The van der Waals surface area contributed by atoms with Gasteiger partial charge >= 0.3 is 6.03 Å². The smallest absolute Gasteiger partial charge is 0.317 e. The molecule has 0 aliphatic rings. The summed E-state index contributed by atoms with van der Waals surface area (Å²) >= 11 is 0. The van der Waals surface area contributed by atoms with Gasteiger partial charge in [0.25, 0.3) is 0 Å². The number of hydrogen-bond donors (Lipinski definition) is 2. The maximum atomic E-state index is 12.0. The van der Waals surface area contributed by atoms with Gasteiger partial charge in [-0.05, 0) is 43.7 Å². The van der Waals surface area contributed by atoms with E-state index in [1.807, 2.05) is 56.3 Å². The number of hydrogen-bond acceptors (Lipinski definition) is 4. The Bertz CT molecular complexity index is 673. The molecule has 6 heteroatoms. The summed E-state index contributed by atoms with van der Waals surface area (Å²) in [7, 11) is 1.62. The summed E-state index contributed by atoms with van der Waals surface area (Å²) in [5, 5.41) is 5.53. The molecule has 0 fully saturated rings. The van der Waals surface area contributed by atoms with Crippen LogP contribution in [0.15, 0.2) is 48.5 Å². The molecule has 2 N–H and O–H groups in total. The molecule has 2 amide bonds. The number of carbonyl (C=O) groups is 1. The molecule has 0 spiro atoms. The van der Waals surface area contributed by atoms with Crippen molar-refractivity contribution < 1.29 is 19.0 Å². The van der Waals surface area contributed by atoms with Gasteiger partial charge in [0.15, 0.2) is 18.2 Å². The third-order valence-corrected chi connectivity index (χ3v) is 3.57. The monoisotopic (exact) mass is 344 g/mol. The predicted octanol–water partition coefficient (Wildman–Crippen LogP) is 3.49. The Morgan fingerprint density at radius 2 is 1.68 bits per heavy atom. The highest BCUT2D eigenvalue weighted by molar-refractivity contribution is 5.74. The van der Waals surface area contributed by atoms with Gasteiger partial charge in [-0.1, -0.05) is 24.3 Å². The van der Waals surface area contributed by atoms with E-state index in [0.29, 0.717) is 18.1 Å². The minimum absolute atomic E-state index is 0.0469. The highest BCUT2D eigenvalue weighted by atomic mass is 16.5. The van der Waals surface area contributed by atoms with Crippen LogP contribution in [-0.4, -0.2) is 26.5 Å². The Kier molecular flexibility index (Phi) is 6.95. The number of carbonyl (C=O) groups excluding carboxylic acids is 1. The number of rotatable bonds is 8. The van der Waals surface area contributed by atoms with E-state index in [1.54, 1.807) is 13.2 Å². The Labute approximate surface area is 148 Å². The zero-order chi connectivity index (χ0) is 18.1. The molecule has 6 nitrogen and oxygen atoms in total. The summed E-state index contributed by atoms with van der Waals surface area (Å²) in [4.78, 5) is 12.0. The first-order chi connectivity index (χ1) is 12.1. The summed E-state index contributed by atoms with van der Waals surface area (Å²) in [5.41, 5.74) is 0.985. The maximum absolute atomic E-state index is 12.0. The van der Waals surface area contributed by atoms with Gasteiger partial charge in [0.2, 0.25) is 0 Å². The zero-order valence-corrected chi connectivity index (χ0v) is 14.7. The molecule has 2 aromatic rings. The van der Waals surface area contributed by atoms with Gasteiger partial charge in [-0.15, -0.1) is 0 Å². The summed E-state index contributed by atoms with van der Waals surface area (Å²) in [6.07, 6.45) is 0. The maximum Gasteiger partial charge on any atom is 0.317 e. The van der Waals surface area contributed by atoms with Crippen molar-refractivity contribution in [2.45, 2.75) is 19.9 Å². The lowest BCUT2D eigenvalue weighted by Gasteiger charge is -2.16. The Hall–Kier alpha value is -2.89. The average Bonchev–Trinajstić information content (AvgIpc) is 2.63. The molecule has 0 heterocycles. The van der Waals surface area contributed by atoms with Crippen molar-refractivity contribution in [1.82, 2.24) is 10.6 Å². The first-order valence-corrected chi connectivity index (χ1v) is 8.17. The Morgan fingerprint density at radius 3 is 2.28 bits per heavy atom. The van der Waals surface area contributed by atoms with Crippen LogP contribution in [0.4, 0.5) is 4.79 Å². The highest BCUT2D eigenvalue weighted by Gasteiger charge is 2.10. The summed E-state index contributed by atoms with van der Waals surface area (Å²) < 4.78 is 16.2. The van der Waals surface area contributed by atoms with Gasteiger partial charge < -0.3 is 24.8 Å². The van der Waals surface area contributed by atoms with Crippen LogP contribution in [0.3, 0.4) is 0 Å². The summed E-state index contributed by atoms with van der Waals surface area (Å²) in [6, 6.07) is 14.4. The first-order valence-electron chi connectivity index (χ1n) is 8.17. The van der Waals surface area contributed by atoms with E-state index < -0.39 is 0 Å².